The van der Waals surface area contributed by atoms with Gasteiger partial charge >= 0.3 is 0 Å². The van der Waals surface area contributed by atoms with Crippen LogP contribution in [0, 0.1) is 6.92 Å². The molecule has 0 radical (unpaired) electrons. The number of nitrogens with zero attached hydrogens (tertiary/aromatic N) is 4. The monoisotopic (exact) mass is 375 g/mol. The molecule has 3 rings (SSSR count). The van der Waals surface area contributed by atoms with Crippen molar-refractivity contribution in [2.24, 2.45) is 0 Å². The van der Waals surface area contributed by atoms with Gasteiger partial charge in [-0.15, -0.1) is 0 Å². The molecular weight excluding hydrogens is 354 g/mol. The van der Waals surface area contributed by atoms with E-state index in [1.807, 2.05) is 37.3 Å². The molecule has 0 bridgehead atoms. The van der Waals surface area contributed by atoms with Crippen LogP contribution in [0.25, 0.3) is 0 Å². The summed E-state index contributed by atoms with van der Waals surface area (Å²) in [6.45, 7) is 9.48. The SMILES string of the molecule is CCN1CCN(c2cc(Nc3ccccc3Br)nc(C)n2)CC1. The normalized spacial score (nSPS) is 15.7. The summed E-state index contributed by atoms with van der Waals surface area (Å²) in [5.41, 5.74) is 1.01. The topological polar surface area (TPSA) is 44.3 Å². The number of nitrogens with one attached hydrogen (secondary N) is 1. The maximum absolute atomic E-state index is 4.62. The van der Waals surface area contributed by atoms with E-state index in [1.165, 1.54) is 0 Å². The Bertz CT molecular complexity index is 668. The highest BCUT2D eigenvalue weighted by Crippen LogP contribution is 2.26. The minimum absolute atomic E-state index is 0.787. The standard InChI is InChI=1S/C17H22BrN5/c1-3-22-8-10-23(11-9-22)17-12-16(19-13(2)20-17)21-15-7-5-4-6-14(15)18/h4-7,12H,3,8-11H2,1-2H3,(H,19,20,21). The lowest BCUT2D eigenvalue weighted by atomic mass is 10.3. The average molecular weight is 376 g/mol. The molecule has 0 amide bonds. The zero-order valence-electron chi connectivity index (χ0n) is 13.6. The molecule has 1 fully saturated rings. The quantitative estimate of drug-likeness (QED) is 0.886. The Labute approximate surface area is 145 Å². The summed E-state index contributed by atoms with van der Waals surface area (Å²) in [5.74, 6) is 2.62. The fraction of sp³-hybridized carbons (Fsp3) is 0.412. The van der Waals surface area contributed by atoms with Crippen LogP contribution < -0.4 is 10.2 Å². The minimum Gasteiger partial charge on any atom is -0.354 e. The Morgan fingerprint density at radius 3 is 2.57 bits per heavy atom. The van der Waals surface area contributed by atoms with Gasteiger partial charge in [-0.05, 0) is 41.5 Å². The van der Waals surface area contributed by atoms with E-state index in [0.717, 1.165) is 60.3 Å². The molecule has 6 heteroatoms. The van der Waals surface area contributed by atoms with Crippen molar-refractivity contribution in [1.29, 1.82) is 0 Å². The maximum Gasteiger partial charge on any atom is 0.136 e. The predicted octanol–water partition coefficient (Wildman–Crippen LogP) is 3.43. The van der Waals surface area contributed by atoms with Gasteiger partial charge in [0.15, 0.2) is 0 Å². The zero-order chi connectivity index (χ0) is 16.2. The zero-order valence-corrected chi connectivity index (χ0v) is 15.2. The molecule has 1 aliphatic heterocycles. The Kier molecular flexibility index (Phi) is 5.13. The molecule has 2 heterocycles. The lowest BCUT2D eigenvalue weighted by Crippen LogP contribution is -2.46. The van der Waals surface area contributed by atoms with E-state index in [1.54, 1.807) is 0 Å². The van der Waals surface area contributed by atoms with E-state index in [4.69, 9.17) is 0 Å². The lowest BCUT2D eigenvalue weighted by Gasteiger charge is -2.34. The van der Waals surface area contributed by atoms with Crippen molar-refractivity contribution < 1.29 is 0 Å². The van der Waals surface area contributed by atoms with Gasteiger partial charge in [0.2, 0.25) is 0 Å². The molecule has 0 aliphatic carbocycles. The van der Waals surface area contributed by atoms with Gasteiger partial charge in [0, 0.05) is 36.7 Å². The summed E-state index contributed by atoms with van der Waals surface area (Å²) < 4.78 is 1.02. The van der Waals surface area contributed by atoms with E-state index in [0.29, 0.717) is 0 Å². The molecule has 1 aromatic carbocycles. The van der Waals surface area contributed by atoms with Crippen LogP contribution in [0.3, 0.4) is 0 Å². The first-order chi connectivity index (χ1) is 11.2. The number of hydrogen-bond donors (Lipinski definition) is 1. The van der Waals surface area contributed by atoms with Crippen molar-refractivity contribution in [3.63, 3.8) is 0 Å². The van der Waals surface area contributed by atoms with E-state index in [9.17, 15) is 0 Å². The summed E-state index contributed by atoms with van der Waals surface area (Å²) in [4.78, 5) is 13.9. The number of hydrogen-bond acceptors (Lipinski definition) is 5. The number of piperazine rings is 1. The van der Waals surface area contributed by atoms with Crippen molar-refractivity contribution >= 4 is 33.3 Å². The molecule has 2 aromatic rings. The van der Waals surface area contributed by atoms with Gasteiger partial charge in [0.25, 0.3) is 0 Å². The Balaban J connectivity index is 1.78. The highest BCUT2D eigenvalue weighted by molar-refractivity contribution is 9.10. The third-order valence-electron chi connectivity index (χ3n) is 4.10. The van der Waals surface area contributed by atoms with E-state index >= 15 is 0 Å². The first-order valence-electron chi connectivity index (χ1n) is 8.00. The predicted molar refractivity (Wildman–Crippen MR) is 98.5 cm³/mol. The molecule has 0 unspecified atom stereocenters. The van der Waals surface area contributed by atoms with Crippen molar-refractivity contribution in [2.45, 2.75) is 13.8 Å². The largest absolute Gasteiger partial charge is 0.354 e. The van der Waals surface area contributed by atoms with Gasteiger partial charge in [-0.1, -0.05) is 19.1 Å². The molecule has 122 valence electrons. The highest BCUT2D eigenvalue weighted by atomic mass is 79.9. The minimum atomic E-state index is 0.787. The van der Waals surface area contributed by atoms with E-state index < -0.39 is 0 Å². The number of para-hydroxylation sites is 1. The summed E-state index contributed by atoms with van der Waals surface area (Å²) in [7, 11) is 0. The Hall–Kier alpha value is -1.66. The summed E-state index contributed by atoms with van der Waals surface area (Å²) in [6.07, 6.45) is 0. The van der Waals surface area contributed by atoms with E-state index in [-0.39, 0.29) is 0 Å². The first kappa shape index (κ1) is 16.2. The Morgan fingerprint density at radius 2 is 1.87 bits per heavy atom. The number of halogens is 1. The smallest absolute Gasteiger partial charge is 0.136 e. The molecule has 0 spiro atoms. The number of anilines is 3. The van der Waals surface area contributed by atoms with E-state index in [2.05, 4.69) is 47.9 Å². The van der Waals surface area contributed by atoms with Crippen LogP contribution in [-0.2, 0) is 0 Å². The number of likely N-dealkylation sites (N-methyl/N-ethyl adjacent to an activating group) is 1. The van der Waals surface area contributed by atoms with Crippen LogP contribution >= 0.6 is 15.9 Å². The van der Waals surface area contributed by atoms with Gasteiger partial charge < -0.3 is 15.1 Å². The van der Waals surface area contributed by atoms with Gasteiger partial charge in [0.05, 0.1) is 5.69 Å². The summed E-state index contributed by atoms with van der Waals surface area (Å²) in [6, 6.07) is 10.1. The van der Waals surface area contributed by atoms with Crippen LogP contribution in [-0.4, -0.2) is 47.6 Å². The number of rotatable bonds is 4. The second-order valence-corrected chi connectivity index (χ2v) is 6.54. The molecule has 0 atom stereocenters. The lowest BCUT2D eigenvalue weighted by molar-refractivity contribution is 0.270. The summed E-state index contributed by atoms with van der Waals surface area (Å²) >= 11 is 3.56. The van der Waals surface area contributed by atoms with Crippen LogP contribution in [0.1, 0.15) is 12.7 Å². The highest BCUT2D eigenvalue weighted by Gasteiger charge is 2.18. The third kappa shape index (κ3) is 4.00. The van der Waals surface area contributed by atoms with Crippen molar-refractivity contribution in [1.82, 2.24) is 14.9 Å². The molecule has 1 aliphatic rings. The number of aromatic nitrogens is 2. The molecule has 1 aromatic heterocycles. The van der Waals surface area contributed by atoms with Gasteiger partial charge in [-0.25, -0.2) is 9.97 Å². The Morgan fingerprint density at radius 1 is 1.13 bits per heavy atom. The second kappa shape index (κ2) is 7.27. The number of aryl methyl sites for hydroxylation is 1. The summed E-state index contributed by atoms with van der Waals surface area (Å²) in [5, 5.41) is 3.38. The molecular formula is C17H22BrN5. The molecule has 1 N–H and O–H groups in total. The first-order valence-corrected chi connectivity index (χ1v) is 8.79. The van der Waals surface area contributed by atoms with Crippen molar-refractivity contribution in [3.8, 4) is 0 Å². The molecule has 0 saturated carbocycles. The fourth-order valence-corrected chi connectivity index (χ4v) is 3.16. The van der Waals surface area contributed by atoms with Gasteiger partial charge in [-0.2, -0.15) is 0 Å². The fourth-order valence-electron chi connectivity index (χ4n) is 2.77. The number of benzene rings is 1. The molecule has 1 saturated heterocycles. The van der Waals surface area contributed by atoms with Gasteiger partial charge in [-0.3, -0.25) is 0 Å². The van der Waals surface area contributed by atoms with Crippen LogP contribution in [0.15, 0.2) is 34.8 Å². The van der Waals surface area contributed by atoms with Crippen molar-refractivity contribution in [3.05, 3.63) is 40.6 Å². The average Bonchev–Trinajstić information content (AvgIpc) is 2.56. The van der Waals surface area contributed by atoms with Crippen LogP contribution in [0.2, 0.25) is 0 Å². The second-order valence-electron chi connectivity index (χ2n) is 5.68. The molecule has 23 heavy (non-hydrogen) atoms. The van der Waals surface area contributed by atoms with Gasteiger partial charge in [0.1, 0.15) is 17.5 Å². The maximum atomic E-state index is 4.62. The van der Waals surface area contributed by atoms with Crippen molar-refractivity contribution in [2.75, 3.05) is 42.9 Å². The third-order valence-corrected chi connectivity index (χ3v) is 4.80. The van der Waals surface area contributed by atoms with Crippen LogP contribution in [0.4, 0.5) is 17.3 Å². The molecule has 5 nitrogen and oxygen atoms in total. The van der Waals surface area contributed by atoms with Crippen LogP contribution in [0.5, 0.6) is 0 Å².